The van der Waals surface area contributed by atoms with Crippen LogP contribution >= 0.6 is 0 Å². The van der Waals surface area contributed by atoms with Crippen LogP contribution in [0, 0.1) is 5.41 Å². The molecule has 3 rings (SSSR count). The molecule has 2 aliphatic rings. The molecule has 1 spiro atoms. The molecule has 1 aromatic rings. The van der Waals surface area contributed by atoms with Gasteiger partial charge in [0.2, 0.25) is 5.95 Å². The van der Waals surface area contributed by atoms with Gasteiger partial charge in [-0.25, -0.2) is 9.97 Å². The fraction of sp³-hybridized carbons (Fsp3) is 0.667. The molecule has 0 unspecified atom stereocenters. The van der Waals surface area contributed by atoms with Crippen LogP contribution in [-0.4, -0.2) is 36.1 Å². The van der Waals surface area contributed by atoms with Crippen LogP contribution in [0.5, 0.6) is 0 Å². The van der Waals surface area contributed by atoms with E-state index in [1.165, 1.54) is 25.8 Å². The van der Waals surface area contributed by atoms with Crippen LogP contribution in [0.25, 0.3) is 0 Å². The molecule has 1 N–H and O–H groups in total. The number of nitrogens with one attached hydrogen (secondary N) is 1. The zero-order chi connectivity index (χ0) is 10.8. The Bertz CT molecular complexity index is 345. The quantitative estimate of drug-likeness (QED) is 0.765. The van der Waals surface area contributed by atoms with Gasteiger partial charge in [-0.2, -0.15) is 0 Å². The van der Waals surface area contributed by atoms with Gasteiger partial charge in [0.25, 0.3) is 0 Å². The lowest BCUT2D eigenvalue weighted by molar-refractivity contribution is 0.259. The van der Waals surface area contributed by atoms with E-state index >= 15 is 0 Å². The van der Waals surface area contributed by atoms with Crippen molar-refractivity contribution in [2.24, 2.45) is 5.41 Å². The van der Waals surface area contributed by atoms with E-state index in [2.05, 4.69) is 20.2 Å². The monoisotopic (exact) mass is 218 g/mol. The highest BCUT2D eigenvalue weighted by Crippen LogP contribution is 2.36. The molecular weight excluding hydrogens is 200 g/mol. The van der Waals surface area contributed by atoms with Crippen molar-refractivity contribution in [3.63, 3.8) is 0 Å². The van der Waals surface area contributed by atoms with Gasteiger partial charge in [0.1, 0.15) is 0 Å². The molecule has 86 valence electrons. The second kappa shape index (κ2) is 4.01. The first kappa shape index (κ1) is 10.0. The minimum Gasteiger partial charge on any atom is -0.340 e. The number of aromatic nitrogens is 2. The van der Waals surface area contributed by atoms with Crippen LogP contribution in [0.4, 0.5) is 5.95 Å². The van der Waals surface area contributed by atoms with Gasteiger partial charge in [0.15, 0.2) is 0 Å². The zero-order valence-electron chi connectivity index (χ0n) is 9.52. The van der Waals surface area contributed by atoms with Crippen LogP contribution < -0.4 is 10.2 Å². The minimum atomic E-state index is 0.484. The predicted octanol–water partition coefficient (Wildman–Crippen LogP) is 1.06. The average molecular weight is 218 g/mol. The lowest BCUT2D eigenvalue weighted by Crippen LogP contribution is -2.45. The number of hydrogen-bond donors (Lipinski definition) is 1. The fourth-order valence-corrected chi connectivity index (χ4v) is 2.98. The Morgan fingerprint density at radius 2 is 2.12 bits per heavy atom. The summed E-state index contributed by atoms with van der Waals surface area (Å²) in [7, 11) is 0. The Balaban J connectivity index is 1.77. The van der Waals surface area contributed by atoms with E-state index in [4.69, 9.17) is 0 Å². The summed E-state index contributed by atoms with van der Waals surface area (Å²) in [6, 6.07) is 1.88. The van der Waals surface area contributed by atoms with Crippen LogP contribution in [0.3, 0.4) is 0 Å². The second-order valence-corrected chi connectivity index (χ2v) is 5.00. The Hall–Kier alpha value is -1.16. The SMILES string of the molecule is c1cnc(N2CCC[C@]3(CCNC3)C2)nc1. The van der Waals surface area contributed by atoms with Crippen molar-refractivity contribution >= 4 is 5.95 Å². The average Bonchev–Trinajstić information content (AvgIpc) is 2.78. The van der Waals surface area contributed by atoms with Crippen LogP contribution in [0.15, 0.2) is 18.5 Å². The summed E-state index contributed by atoms with van der Waals surface area (Å²) in [4.78, 5) is 11.0. The van der Waals surface area contributed by atoms with Gasteiger partial charge in [0, 0.05) is 37.4 Å². The minimum absolute atomic E-state index is 0.484. The third kappa shape index (κ3) is 1.78. The summed E-state index contributed by atoms with van der Waals surface area (Å²) < 4.78 is 0. The van der Waals surface area contributed by atoms with Crippen molar-refractivity contribution < 1.29 is 0 Å². The molecule has 0 aromatic carbocycles. The summed E-state index contributed by atoms with van der Waals surface area (Å²) in [5.41, 5.74) is 0.484. The molecule has 4 heteroatoms. The molecule has 3 heterocycles. The van der Waals surface area contributed by atoms with Crippen LogP contribution in [0.2, 0.25) is 0 Å². The summed E-state index contributed by atoms with van der Waals surface area (Å²) in [5, 5.41) is 3.49. The molecule has 0 aliphatic carbocycles. The normalized spacial score (nSPS) is 29.9. The first-order valence-electron chi connectivity index (χ1n) is 6.11. The Kier molecular flexibility index (Phi) is 2.52. The zero-order valence-corrected chi connectivity index (χ0v) is 9.52. The Morgan fingerprint density at radius 1 is 1.25 bits per heavy atom. The van der Waals surface area contributed by atoms with Gasteiger partial charge >= 0.3 is 0 Å². The first-order chi connectivity index (χ1) is 7.88. The molecule has 16 heavy (non-hydrogen) atoms. The van der Waals surface area contributed by atoms with Crippen LogP contribution in [0.1, 0.15) is 19.3 Å². The van der Waals surface area contributed by atoms with E-state index in [0.29, 0.717) is 5.41 Å². The number of nitrogens with zero attached hydrogens (tertiary/aromatic N) is 3. The van der Waals surface area contributed by atoms with Gasteiger partial charge < -0.3 is 10.2 Å². The molecule has 1 aromatic heterocycles. The third-order valence-electron chi connectivity index (χ3n) is 3.83. The summed E-state index contributed by atoms with van der Waals surface area (Å²) in [5.74, 6) is 0.897. The highest BCUT2D eigenvalue weighted by atomic mass is 15.3. The topological polar surface area (TPSA) is 41.1 Å². The van der Waals surface area contributed by atoms with Gasteiger partial charge in [0.05, 0.1) is 0 Å². The maximum atomic E-state index is 4.35. The number of piperidine rings is 1. The van der Waals surface area contributed by atoms with Gasteiger partial charge in [-0.05, 0) is 31.9 Å². The smallest absolute Gasteiger partial charge is 0.225 e. The predicted molar refractivity (Wildman–Crippen MR) is 63.4 cm³/mol. The maximum Gasteiger partial charge on any atom is 0.225 e. The van der Waals surface area contributed by atoms with Gasteiger partial charge in [-0.15, -0.1) is 0 Å². The van der Waals surface area contributed by atoms with Gasteiger partial charge in [-0.1, -0.05) is 0 Å². The Labute approximate surface area is 96.1 Å². The molecule has 2 fully saturated rings. The van der Waals surface area contributed by atoms with Crippen molar-refractivity contribution in [2.75, 3.05) is 31.1 Å². The molecular formula is C12H18N4. The second-order valence-electron chi connectivity index (χ2n) is 5.00. The summed E-state index contributed by atoms with van der Waals surface area (Å²) in [6.07, 6.45) is 7.58. The molecule has 2 aliphatic heterocycles. The van der Waals surface area contributed by atoms with E-state index in [9.17, 15) is 0 Å². The highest BCUT2D eigenvalue weighted by Gasteiger charge is 2.38. The van der Waals surface area contributed by atoms with E-state index in [1.807, 2.05) is 18.5 Å². The highest BCUT2D eigenvalue weighted by molar-refractivity contribution is 5.30. The molecule has 4 nitrogen and oxygen atoms in total. The van der Waals surface area contributed by atoms with Crippen molar-refractivity contribution in [1.29, 1.82) is 0 Å². The molecule has 2 saturated heterocycles. The van der Waals surface area contributed by atoms with Crippen molar-refractivity contribution in [3.05, 3.63) is 18.5 Å². The lowest BCUT2D eigenvalue weighted by atomic mass is 9.79. The standard InChI is InChI=1S/C12H18N4/c1-3-12(4-7-13-9-12)10-16(8-1)11-14-5-2-6-15-11/h2,5-6,13H,1,3-4,7-10H2/t12-/m1/s1. The molecule has 0 saturated carbocycles. The summed E-state index contributed by atoms with van der Waals surface area (Å²) >= 11 is 0. The number of hydrogen-bond acceptors (Lipinski definition) is 4. The molecule has 0 bridgehead atoms. The maximum absolute atomic E-state index is 4.35. The number of anilines is 1. The molecule has 1 atom stereocenters. The largest absolute Gasteiger partial charge is 0.340 e. The van der Waals surface area contributed by atoms with E-state index in [1.54, 1.807) is 0 Å². The Morgan fingerprint density at radius 3 is 2.88 bits per heavy atom. The lowest BCUT2D eigenvalue weighted by Gasteiger charge is -2.39. The van der Waals surface area contributed by atoms with E-state index in [0.717, 1.165) is 25.6 Å². The van der Waals surface area contributed by atoms with E-state index in [-0.39, 0.29) is 0 Å². The fourth-order valence-electron chi connectivity index (χ4n) is 2.98. The molecule has 0 amide bonds. The van der Waals surface area contributed by atoms with Crippen molar-refractivity contribution in [3.8, 4) is 0 Å². The van der Waals surface area contributed by atoms with Crippen molar-refractivity contribution in [2.45, 2.75) is 19.3 Å². The van der Waals surface area contributed by atoms with Crippen molar-refractivity contribution in [1.82, 2.24) is 15.3 Å². The molecule has 0 radical (unpaired) electrons. The first-order valence-corrected chi connectivity index (χ1v) is 6.11. The van der Waals surface area contributed by atoms with E-state index < -0.39 is 0 Å². The third-order valence-corrected chi connectivity index (χ3v) is 3.83. The summed E-state index contributed by atoms with van der Waals surface area (Å²) in [6.45, 7) is 4.55. The van der Waals surface area contributed by atoms with Gasteiger partial charge in [-0.3, -0.25) is 0 Å². The number of rotatable bonds is 1. The van der Waals surface area contributed by atoms with Crippen LogP contribution in [-0.2, 0) is 0 Å².